The van der Waals surface area contributed by atoms with E-state index < -0.39 is 60.2 Å². The predicted molar refractivity (Wildman–Crippen MR) is 179 cm³/mol. The third-order valence-electron chi connectivity index (χ3n) is 8.12. The number of benzene rings is 3. The first-order valence-corrected chi connectivity index (χ1v) is 15.4. The van der Waals surface area contributed by atoms with Crippen LogP contribution in [0.4, 0.5) is 0 Å². The van der Waals surface area contributed by atoms with Crippen LogP contribution in [0.5, 0.6) is 0 Å². The highest BCUT2D eigenvalue weighted by atomic mass is 16.4. The summed E-state index contributed by atoms with van der Waals surface area (Å²) < 4.78 is 0. The van der Waals surface area contributed by atoms with E-state index in [4.69, 9.17) is 11.5 Å². The number of primary amides is 1. The Kier molecular flexibility index (Phi) is 10.5. The molecule has 5 rings (SSSR count). The fourth-order valence-electron chi connectivity index (χ4n) is 5.64. The molecule has 5 aromatic rings. The van der Waals surface area contributed by atoms with Crippen LogP contribution in [-0.2, 0) is 43.2 Å². The number of carboxylic acids is 1. The summed E-state index contributed by atoms with van der Waals surface area (Å²) in [4.78, 5) is 71.0. The van der Waals surface area contributed by atoms with Gasteiger partial charge in [-0.15, -0.1) is 0 Å². The summed E-state index contributed by atoms with van der Waals surface area (Å²) in [7, 11) is 0. The maximum absolute atomic E-state index is 13.7. The van der Waals surface area contributed by atoms with Gasteiger partial charge in [0.25, 0.3) is 0 Å². The molecular formula is C35H37N7O6. The zero-order chi connectivity index (χ0) is 34.2. The molecule has 0 saturated heterocycles. The molecule has 0 spiro atoms. The quantitative estimate of drug-likeness (QED) is 0.0830. The number of aliphatic carboxylic acids is 1. The lowest BCUT2D eigenvalue weighted by Crippen LogP contribution is -2.58. The van der Waals surface area contributed by atoms with Crippen molar-refractivity contribution in [1.29, 1.82) is 0 Å². The smallest absolute Gasteiger partial charge is 0.326 e. The maximum atomic E-state index is 13.7. The molecule has 4 atom stereocenters. The minimum Gasteiger partial charge on any atom is -0.480 e. The standard InChI is InChI=1S/C35H37N7O6/c36-25(15-21-18-38-26-12-6-4-10-23(21)26)32(44)40-29(17-31(37)43)34(46)41-28(16-22-19-39-27-13-7-5-11-24(22)27)33(45)42-30(35(47)48)14-20-8-2-1-3-9-20/h1-13,18-19,25,28-30,38-39H,14-17,36H2,(H2,37,43)(H,40,44)(H,41,46)(H,42,45)(H,47,48). The fraction of sp³-hybridized carbons (Fsp3) is 0.229. The van der Waals surface area contributed by atoms with Crippen molar-refractivity contribution in [3.8, 4) is 0 Å². The van der Waals surface area contributed by atoms with Crippen LogP contribution in [0.25, 0.3) is 21.8 Å². The zero-order valence-electron chi connectivity index (χ0n) is 25.9. The number of carboxylic acid groups (broad SMARTS) is 1. The van der Waals surface area contributed by atoms with E-state index in [1.165, 1.54) is 0 Å². The van der Waals surface area contributed by atoms with Crippen LogP contribution in [0.2, 0.25) is 0 Å². The van der Waals surface area contributed by atoms with Crippen molar-refractivity contribution in [3.63, 3.8) is 0 Å². The van der Waals surface area contributed by atoms with E-state index in [2.05, 4.69) is 25.9 Å². The minimum absolute atomic E-state index is 0.00431. The Balaban J connectivity index is 1.34. The zero-order valence-corrected chi connectivity index (χ0v) is 25.9. The second-order valence-electron chi connectivity index (χ2n) is 11.6. The number of hydrogen-bond donors (Lipinski definition) is 8. The molecular weight excluding hydrogens is 614 g/mol. The monoisotopic (exact) mass is 651 g/mol. The van der Waals surface area contributed by atoms with Crippen LogP contribution in [0.15, 0.2) is 91.3 Å². The molecule has 0 aliphatic carbocycles. The largest absolute Gasteiger partial charge is 0.480 e. The number of hydrogen-bond acceptors (Lipinski definition) is 6. The van der Waals surface area contributed by atoms with Gasteiger partial charge in [0, 0.05) is 47.0 Å². The SMILES string of the molecule is NC(=O)CC(NC(=O)C(N)Cc1c[nH]c2ccccc12)C(=O)NC(Cc1c[nH]c2ccccc12)C(=O)NC(Cc1ccccc1)C(=O)O. The second-order valence-corrected chi connectivity index (χ2v) is 11.6. The first-order valence-electron chi connectivity index (χ1n) is 15.4. The van der Waals surface area contributed by atoms with Gasteiger partial charge in [-0.25, -0.2) is 4.79 Å². The lowest BCUT2D eigenvalue weighted by molar-refractivity contribution is -0.142. The number of fused-ring (bicyclic) bond motifs is 2. The number of nitrogens with two attached hydrogens (primary N) is 2. The van der Waals surface area contributed by atoms with Gasteiger partial charge in [0.1, 0.15) is 18.1 Å². The molecule has 0 fully saturated rings. The topological polar surface area (TPSA) is 225 Å². The van der Waals surface area contributed by atoms with E-state index in [1.807, 2.05) is 48.5 Å². The molecule has 0 bridgehead atoms. The minimum atomic E-state index is -1.46. The summed E-state index contributed by atoms with van der Waals surface area (Å²) >= 11 is 0. The van der Waals surface area contributed by atoms with Gasteiger partial charge in [0.05, 0.1) is 12.5 Å². The summed E-state index contributed by atoms with van der Waals surface area (Å²) in [5, 5.41) is 19.3. The van der Waals surface area contributed by atoms with Crippen molar-refractivity contribution in [3.05, 3.63) is 108 Å². The average molecular weight is 652 g/mol. The Hall–Kier alpha value is -5.95. The van der Waals surface area contributed by atoms with Gasteiger partial charge < -0.3 is 42.5 Å². The van der Waals surface area contributed by atoms with Gasteiger partial charge in [0.15, 0.2) is 0 Å². The number of para-hydroxylation sites is 2. The van der Waals surface area contributed by atoms with E-state index in [9.17, 15) is 29.1 Å². The number of H-pyrrole nitrogens is 2. The van der Waals surface area contributed by atoms with Crippen molar-refractivity contribution in [2.45, 2.75) is 49.9 Å². The van der Waals surface area contributed by atoms with E-state index in [0.29, 0.717) is 11.1 Å². The van der Waals surface area contributed by atoms with E-state index in [1.54, 1.807) is 42.7 Å². The first kappa shape index (κ1) is 33.4. The third-order valence-corrected chi connectivity index (χ3v) is 8.12. The summed E-state index contributed by atoms with van der Waals surface area (Å²) in [6.07, 6.45) is 3.00. The summed E-state index contributed by atoms with van der Waals surface area (Å²) in [5.74, 6) is -4.46. The van der Waals surface area contributed by atoms with Crippen molar-refractivity contribution < 1.29 is 29.1 Å². The van der Waals surface area contributed by atoms with Crippen LogP contribution in [-0.4, -0.2) is 68.8 Å². The van der Waals surface area contributed by atoms with Crippen molar-refractivity contribution in [1.82, 2.24) is 25.9 Å². The molecule has 0 radical (unpaired) electrons. The first-order chi connectivity index (χ1) is 23.1. The lowest BCUT2D eigenvalue weighted by atomic mass is 10.0. The van der Waals surface area contributed by atoms with Crippen LogP contribution < -0.4 is 27.4 Å². The molecule has 48 heavy (non-hydrogen) atoms. The summed E-state index contributed by atoms with van der Waals surface area (Å²) in [6.45, 7) is 0. The van der Waals surface area contributed by atoms with Gasteiger partial charge in [-0.3, -0.25) is 19.2 Å². The van der Waals surface area contributed by atoms with Crippen molar-refractivity contribution >= 4 is 51.4 Å². The van der Waals surface area contributed by atoms with E-state index in [-0.39, 0.29) is 19.3 Å². The van der Waals surface area contributed by atoms with Crippen LogP contribution >= 0.6 is 0 Å². The van der Waals surface area contributed by atoms with Gasteiger partial charge in [-0.05, 0) is 35.2 Å². The molecule has 10 N–H and O–H groups in total. The second kappa shape index (κ2) is 15.1. The molecule has 248 valence electrons. The van der Waals surface area contributed by atoms with E-state index in [0.717, 1.165) is 27.4 Å². The molecule has 13 nitrogen and oxygen atoms in total. The Morgan fingerprint density at radius 1 is 0.625 bits per heavy atom. The predicted octanol–water partition coefficient (Wildman–Crippen LogP) is 1.42. The molecule has 4 unspecified atom stereocenters. The van der Waals surface area contributed by atoms with Crippen molar-refractivity contribution in [2.24, 2.45) is 11.5 Å². The van der Waals surface area contributed by atoms with Crippen LogP contribution in [0, 0.1) is 0 Å². The molecule has 2 aromatic heterocycles. The highest BCUT2D eigenvalue weighted by Gasteiger charge is 2.32. The van der Waals surface area contributed by atoms with Crippen LogP contribution in [0.3, 0.4) is 0 Å². The molecule has 2 heterocycles. The molecule has 0 aliphatic heterocycles. The molecule has 0 saturated carbocycles. The average Bonchev–Trinajstić information content (AvgIpc) is 3.67. The Bertz CT molecular complexity index is 1940. The van der Waals surface area contributed by atoms with Crippen molar-refractivity contribution in [2.75, 3.05) is 0 Å². The summed E-state index contributed by atoms with van der Waals surface area (Å²) in [6, 6.07) is 18.6. The maximum Gasteiger partial charge on any atom is 0.326 e. The van der Waals surface area contributed by atoms with Gasteiger partial charge in [-0.2, -0.15) is 0 Å². The highest BCUT2D eigenvalue weighted by Crippen LogP contribution is 2.20. The van der Waals surface area contributed by atoms with Crippen LogP contribution in [0.1, 0.15) is 23.1 Å². The number of carbonyl (C=O) groups is 5. The Labute approximate surface area is 275 Å². The van der Waals surface area contributed by atoms with Gasteiger partial charge in [0.2, 0.25) is 23.6 Å². The molecule has 13 heteroatoms. The third kappa shape index (κ3) is 8.25. The summed E-state index contributed by atoms with van der Waals surface area (Å²) in [5.41, 5.74) is 15.5. The normalized spacial score (nSPS) is 13.7. The highest BCUT2D eigenvalue weighted by molar-refractivity contribution is 5.97. The molecule has 4 amide bonds. The van der Waals surface area contributed by atoms with Gasteiger partial charge >= 0.3 is 5.97 Å². The number of carbonyl (C=O) groups excluding carboxylic acids is 4. The number of nitrogens with one attached hydrogen (secondary N) is 5. The lowest BCUT2D eigenvalue weighted by Gasteiger charge is -2.25. The Morgan fingerprint density at radius 2 is 1.12 bits per heavy atom. The number of rotatable bonds is 15. The molecule has 3 aromatic carbocycles. The van der Waals surface area contributed by atoms with Gasteiger partial charge in [-0.1, -0.05) is 66.7 Å². The Morgan fingerprint density at radius 3 is 1.71 bits per heavy atom. The number of aromatic nitrogens is 2. The molecule has 0 aliphatic rings. The number of amides is 4. The van der Waals surface area contributed by atoms with E-state index >= 15 is 0 Å². The fourth-order valence-corrected chi connectivity index (χ4v) is 5.64. The number of aromatic amines is 2.